The Bertz CT molecular complexity index is 764. The lowest BCUT2D eigenvalue weighted by Gasteiger charge is -2.14. The molecule has 122 valence electrons. The Balaban J connectivity index is 1.62. The van der Waals surface area contributed by atoms with Crippen LogP contribution in [0.5, 0.6) is 0 Å². The zero-order valence-electron chi connectivity index (χ0n) is 13.2. The summed E-state index contributed by atoms with van der Waals surface area (Å²) in [5.74, 6) is 0.392. The van der Waals surface area contributed by atoms with Crippen molar-refractivity contribution in [2.75, 3.05) is 6.61 Å². The number of carbonyl (C=O) groups is 1. The van der Waals surface area contributed by atoms with Crippen LogP contribution in [-0.4, -0.2) is 17.6 Å². The van der Waals surface area contributed by atoms with Crippen LogP contribution in [0.15, 0.2) is 77.4 Å². The van der Waals surface area contributed by atoms with Crippen LogP contribution in [0.3, 0.4) is 0 Å². The van der Waals surface area contributed by atoms with Gasteiger partial charge >= 0.3 is 0 Å². The van der Waals surface area contributed by atoms with Gasteiger partial charge in [0.1, 0.15) is 11.8 Å². The molecule has 1 aromatic heterocycles. The van der Waals surface area contributed by atoms with E-state index in [2.05, 4.69) is 17.4 Å². The van der Waals surface area contributed by atoms with Crippen molar-refractivity contribution in [3.05, 3.63) is 84.3 Å². The van der Waals surface area contributed by atoms with Crippen LogP contribution >= 0.6 is 0 Å². The fourth-order valence-electron chi connectivity index (χ4n) is 2.57. The summed E-state index contributed by atoms with van der Waals surface area (Å²) in [6, 6.07) is 20.9. The Morgan fingerprint density at radius 3 is 2.29 bits per heavy atom. The molecule has 0 aliphatic rings. The normalized spacial score (nSPS) is 11.9. The summed E-state index contributed by atoms with van der Waals surface area (Å²) in [6.45, 7) is -0.202. The molecule has 1 heterocycles. The highest BCUT2D eigenvalue weighted by Crippen LogP contribution is 2.19. The van der Waals surface area contributed by atoms with Crippen LogP contribution in [0.1, 0.15) is 17.4 Å². The molecule has 4 nitrogen and oxygen atoms in total. The third-order valence-corrected chi connectivity index (χ3v) is 3.83. The third kappa shape index (κ3) is 3.91. The number of rotatable bonds is 6. The minimum atomic E-state index is -0.518. The van der Waals surface area contributed by atoms with Gasteiger partial charge in [0.25, 0.3) is 0 Å². The van der Waals surface area contributed by atoms with E-state index >= 15 is 0 Å². The molecule has 2 aromatic carbocycles. The first-order chi connectivity index (χ1) is 11.8. The molecule has 0 spiro atoms. The van der Waals surface area contributed by atoms with Crippen molar-refractivity contribution in [2.45, 2.75) is 12.5 Å². The lowest BCUT2D eigenvalue weighted by atomic mass is 10.0. The monoisotopic (exact) mass is 321 g/mol. The molecule has 1 amide bonds. The first-order valence-electron chi connectivity index (χ1n) is 7.84. The molecule has 0 radical (unpaired) electrons. The predicted molar refractivity (Wildman–Crippen MR) is 92.3 cm³/mol. The first-order valence-corrected chi connectivity index (χ1v) is 7.84. The number of furan rings is 1. The minimum absolute atomic E-state index is 0.155. The van der Waals surface area contributed by atoms with Gasteiger partial charge in [-0.15, -0.1) is 0 Å². The molecule has 3 rings (SSSR count). The summed E-state index contributed by atoms with van der Waals surface area (Å²) in [6.07, 6.45) is 1.78. The number of nitrogens with one attached hydrogen (secondary N) is 1. The Morgan fingerprint density at radius 2 is 1.67 bits per heavy atom. The van der Waals surface area contributed by atoms with Crippen molar-refractivity contribution in [1.29, 1.82) is 0 Å². The summed E-state index contributed by atoms with van der Waals surface area (Å²) in [5.41, 5.74) is 3.18. The number of hydrogen-bond donors (Lipinski definition) is 2. The molecule has 0 aliphatic heterocycles. The maximum atomic E-state index is 12.2. The van der Waals surface area contributed by atoms with Crippen LogP contribution in [0, 0.1) is 0 Å². The minimum Gasteiger partial charge on any atom is -0.467 e. The fourth-order valence-corrected chi connectivity index (χ4v) is 2.57. The number of carbonyl (C=O) groups excluding carboxylic acids is 1. The van der Waals surface area contributed by atoms with E-state index in [1.165, 1.54) is 6.26 Å². The molecular formula is C20H19NO3. The number of aliphatic hydroxyl groups is 1. The molecule has 0 fully saturated rings. The highest BCUT2D eigenvalue weighted by molar-refractivity contribution is 5.79. The number of hydrogen-bond acceptors (Lipinski definition) is 3. The van der Waals surface area contributed by atoms with E-state index in [-0.39, 0.29) is 18.9 Å². The molecule has 0 saturated heterocycles. The summed E-state index contributed by atoms with van der Waals surface area (Å²) < 4.78 is 5.23. The molecule has 24 heavy (non-hydrogen) atoms. The van der Waals surface area contributed by atoms with E-state index in [1.807, 2.05) is 42.5 Å². The first kappa shape index (κ1) is 16.0. The fraction of sp³-hybridized carbons (Fsp3) is 0.150. The van der Waals surface area contributed by atoms with Gasteiger partial charge in [-0.25, -0.2) is 0 Å². The van der Waals surface area contributed by atoms with Crippen molar-refractivity contribution in [1.82, 2.24) is 5.32 Å². The van der Waals surface area contributed by atoms with Gasteiger partial charge in [-0.2, -0.15) is 0 Å². The van der Waals surface area contributed by atoms with E-state index in [0.717, 1.165) is 16.7 Å². The van der Waals surface area contributed by atoms with Gasteiger partial charge in [0.05, 0.1) is 19.3 Å². The molecule has 0 saturated carbocycles. The van der Waals surface area contributed by atoms with Crippen molar-refractivity contribution in [3.63, 3.8) is 0 Å². The lowest BCUT2D eigenvalue weighted by molar-refractivity contribution is -0.121. The highest BCUT2D eigenvalue weighted by Gasteiger charge is 2.16. The summed E-state index contributed by atoms with van der Waals surface area (Å²) in [5, 5.41) is 12.2. The van der Waals surface area contributed by atoms with Gasteiger partial charge in [-0.1, -0.05) is 54.6 Å². The SMILES string of the molecule is O=C(Cc1ccc(-c2ccccc2)cc1)NC(CO)c1ccco1. The van der Waals surface area contributed by atoms with Crippen molar-refractivity contribution in [2.24, 2.45) is 0 Å². The van der Waals surface area contributed by atoms with Crippen molar-refractivity contribution in [3.8, 4) is 11.1 Å². The number of aliphatic hydroxyl groups excluding tert-OH is 1. The summed E-state index contributed by atoms with van der Waals surface area (Å²) in [7, 11) is 0. The summed E-state index contributed by atoms with van der Waals surface area (Å²) in [4.78, 5) is 12.2. The molecule has 0 aliphatic carbocycles. The quantitative estimate of drug-likeness (QED) is 0.732. The van der Waals surface area contributed by atoms with Crippen LogP contribution in [-0.2, 0) is 11.2 Å². The number of benzene rings is 2. The zero-order chi connectivity index (χ0) is 16.8. The molecular weight excluding hydrogens is 302 g/mol. The van der Waals surface area contributed by atoms with Gasteiger partial charge in [-0.05, 0) is 28.8 Å². The second-order valence-corrected chi connectivity index (χ2v) is 5.56. The predicted octanol–water partition coefficient (Wildman–Crippen LogP) is 3.34. The van der Waals surface area contributed by atoms with Gasteiger partial charge in [0, 0.05) is 0 Å². The van der Waals surface area contributed by atoms with Crippen LogP contribution in [0.2, 0.25) is 0 Å². The van der Waals surface area contributed by atoms with Gasteiger partial charge in [0.2, 0.25) is 5.91 Å². The van der Waals surface area contributed by atoms with Crippen LogP contribution < -0.4 is 5.32 Å². The molecule has 1 atom stereocenters. The third-order valence-electron chi connectivity index (χ3n) is 3.83. The second kappa shape index (κ2) is 7.62. The molecule has 0 bridgehead atoms. The van der Waals surface area contributed by atoms with Gasteiger partial charge < -0.3 is 14.8 Å². The van der Waals surface area contributed by atoms with Crippen molar-refractivity contribution >= 4 is 5.91 Å². The maximum absolute atomic E-state index is 12.2. The van der Waals surface area contributed by atoms with E-state index in [1.54, 1.807) is 12.1 Å². The van der Waals surface area contributed by atoms with Crippen LogP contribution in [0.25, 0.3) is 11.1 Å². The van der Waals surface area contributed by atoms with E-state index < -0.39 is 6.04 Å². The standard InChI is InChI=1S/C20H19NO3/c22-14-18(19-7-4-12-24-19)21-20(23)13-15-8-10-17(11-9-15)16-5-2-1-3-6-16/h1-12,18,22H,13-14H2,(H,21,23). The molecule has 1 unspecified atom stereocenters. The van der Waals surface area contributed by atoms with E-state index in [9.17, 15) is 9.90 Å². The van der Waals surface area contributed by atoms with Crippen molar-refractivity contribution < 1.29 is 14.3 Å². The van der Waals surface area contributed by atoms with Gasteiger partial charge in [0.15, 0.2) is 0 Å². The average molecular weight is 321 g/mol. The second-order valence-electron chi connectivity index (χ2n) is 5.56. The Kier molecular flexibility index (Phi) is 5.08. The molecule has 4 heteroatoms. The van der Waals surface area contributed by atoms with Crippen LogP contribution in [0.4, 0.5) is 0 Å². The molecule has 3 aromatic rings. The largest absolute Gasteiger partial charge is 0.467 e. The lowest BCUT2D eigenvalue weighted by Crippen LogP contribution is -2.31. The maximum Gasteiger partial charge on any atom is 0.225 e. The van der Waals surface area contributed by atoms with E-state index in [0.29, 0.717) is 5.76 Å². The van der Waals surface area contributed by atoms with Gasteiger partial charge in [-0.3, -0.25) is 4.79 Å². The Morgan fingerprint density at radius 1 is 0.958 bits per heavy atom. The Hall–Kier alpha value is -2.85. The topological polar surface area (TPSA) is 62.5 Å². The Labute approximate surface area is 140 Å². The van der Waals surface area contributed by atoms with E-state index in [4.69, 9.17) is 4.42 Å². The highest BCUT2D eigenvalue weighted by atomic mass is 16.3. The average Bonchev–Trinajstić information content (AvgIpc) is 3.15. The smallest absolute Gasteiger partial charge is 0.225 e. The summed E-state index contributed by atoms with van der Waals surface area (Å²) >= 11 is 0. The zero-order valence-corrected chi connectivity index (χ0v) is 13.2. The number of amides is 1. The molecule has 2 N–H and O–H groups in total.